The molecule has 1 unspecified atom stereocenters. The molecule has 0 fully saturated rings. The molecule has 3 aromatic rings. The van der Waals surface area contributed by atoms with E-state index in [4.69, 9.17) is 0 Å². The van der Waals surface area contributed by atoms with E-state index in [0.717, 1.165) is 27.4 Å². The highest BCUT2D eigenvalue weighted by Crippen LogP contribution is 2.25. The lowest BCUT2D eigenvalue weighted by atomic mass is 10.2. The van der Waals surface area contributed by atoms with Crippen molar-refractivity contribution >= 4 is 21.4 Å². The van der Waals surface area contributed by atoms with E-state index in [1.807, 2.05) is 68.1 Å². The Labute approximate surface area is 158 Å². The van der Waals surface area contributed by atoms with Gasteiger partial charge in [-0.3, -0.25) is 4.68 Å². The Kier molecular flexibility index (Phi) is 5.32. The molecule has 7 heteroatoms. The van der Waals surface area contributed by atoms with E-state index in [0.29, 0.717) is 4.90 Å². The zero-order chi connectivity index (χ0) is 18.9. The summed E-state index contributed by atoms with van der Waals surface area (Å²) < 4.78 is 30.4. The molecule has 0 radical (unpaired) electrons. The van der Waals surface area contributed by atoms with E-state index in [2.05, 4.69) is 9.82 Å². The highest BCUT2D eigenvalue weighted by Gasteiger charge is 2.23. The molecule has 5 nitrogen and oxygen atoms in total. The molecule has 1 atom stereocenters. The molecule has 0 saturated heterocycles. The summed E-state index contributed by atoms with van der Waals surface area (Å²) >= 11 is 1.60. The second kappa shape index (κ2) is 7.34. The Morgan fingerprint density at radius 3 is 2.54 bits per heavy atom. The van der Waals surface area contributed by atoms with Crippen LogP contribution in [-0.2, 0) is 10.0 Å². The van der Waals surface area contributed by atoms with Gasteiger partial charge in [-0.25, -0.2) is 13.1 Å². The lowest BCUT2D eigenvalue weighted by Gasteiger charge is -2.19. The largest absolute Gasteiger partial charge is 0.260 e. The number of thiophene rings is 1. The van der Waals surface area contributed by atoms with Crippen LogP contribution in [0.3, 0.4) is 0 Å². The van der Waals surface area contributed by atoms with Gasteiger partial charge >= 0.3 is 0 Å². The first-order valence-corrected chi connectivity index (χ1v) is 10.8. The maximum absolute atomic E-state index is 12.9. The number of aryl methyl sites for hydroxylation is 4. The number of hydrogen-bond donors (Lipinski definition) is 1. The highest BCUT2D eigenvalue weighted by atomic mass is 32.2. The monoisotopic (exact) mass is 389 g/mol. The first-order valence-electron chi connectivity index (χ1n) is 8.41. The standard InChI is InChI=1S/C19H23N3O2S2/c1-13-7-8-14(2)19(10-13)26(23,24)20-12-17(18-6-5-9-25-18)22-16(4)11-15(3)21-22/h5-11,17,20H,12H2,1-4H3. The van der Waals surface area contributed by atoms with Gasteiger partial charge in [0.1, 0.15) is 0 Å². The number of nitrogens with zero attached hydrogens (tertiary/aromatic N) is 2. The van der Waals surface area contributed by atoms with Crippen LogP contribution in [-0.4, -0.2) is 24.7 Å². The summed E-state index contributed by atoms with van der Waals surface area (Å²) in [5, 5.41) is 6.55. The van der Waals surface area contributed by atoms with Crippen molar-refractivity contribution in [3.63, 3.8) is 0 Å². The molecule has 1 aromatic carbocycles. The van der Waals surface area contributed by atoms with Crippen LogP contribution in [0.15, 0.2) is 46.7 Å². The lowest BCUT2D eigenvalue weighted by molar-refractivity contribution is 0.499. The second-order valence-corrected chi connectivity index (χ2v) is 9.24. The molecule has 0 saturated carbocycles. The molecule has 26 heavy (non-hydrogen) atoms. The molecule has 2 heterocycles. The van der Waals surface area contributed by atoms with E-state index in [1.54, 1.807) is 17.4 Å². The molecule has 2 aromatic heterocycles. The Morgan fingerprint density at radius 1 is 1.15 bits per heavy atom. The smallest absolute Gasteiger partial charge is 0.240 e. The maximum atomic E-state index is 12.9. The van der Waals surface area contributed by atoms with Gasteiger partial charge in [0.2, 0.25) is 10.0 Å². The minimum absolute atomic E-state index is 0.177. The van der Waals surface area contributed by atoms with Crippen LogP contribution >= 0.6 is 11.3 Å². The summed E-state index contributed by atoms with van der Waals surface area (Å²) in [6, 6.07) is 11.3. The van der Waals surface area contributed by atoms with E-state index in [9.17, 15) is 8.42 Å². The molecule has 0 bridgehead atoms. The fourth-order valence-corrected chi connectivity index (χ4v) is 5.19. The molecule has 0 aliphatic carbocycles. The van der Waals surface area contributed by atoms with Crippen molar-refractivity contribution in [2.75, 3.05) is 6.54 Å². The lowest BCUT2D eigenvalue weighted by Crippen LogP contribution is -2.32. The minimum Gasteiger partial charge on any atom is -0.260 e. The number of nitrogens with one attached hydrogen (secondary N) is 1. The van der Waals surface area contributed by atoms with Crippen molar-refractivity contribution in [1.29, 1.82) is 0 Å². The third-order valence-electron chi connectivity index (χ3n) is 4.31. The highest BCUT2D eigenvalue weighted by molar-refractivity contribution is 7.89. The molecule has 1 N–H and O–H groups in total. The van der Waals surface area contributed by atoms with Crippen molar-refractivity contribution < 1.29 is 8.42 Å². The zero-order valence-corrected chi connectivity index (χ0v) is 17.0. The Hall–Kier alpha value is -1.96. The zero-order valence-electron chi connectivity index (χ0n) is 15.4. The summed E-state index contributed by atoms with van der Waals surface area (Å²) in [4.78, 5) is 1.40. The van der Waals surface area contributed by atoms with Crippen LogP contribution in [0.5, 0.6) is 0 Å². The quantitative estimate of drug-likeness (QED) is 0.698. The Balaban J connectivity index is 1.91. The molecule has 0 aliphatic rings. The van der Waals surface area contributed by atoms with Crippen LogP contribution in [0.2, 0.25) is 0 Å². The Bertz CT molecular complexity index is 1010. The molecular formula is C19H23N3O2S2. The number of hydrogen-bond acceptors (Lipinski definition) is 4. The predicted molar refractivity (Wildman–Crippen MR) is 105 cm³/mol. The normalized spacial score (nSPS) is 13.1. The third-order valence-corrected chi connectivity index (χ3v) is 6.85. The van der Waals surface area contributed by atoms with Crippen molar-refractivity contribution in [1.82, 2.24) is 14.5 Å². The average molecular weight is 390 g/mol. The van der Waals surface area contributed by atoms with Crippen LogP contribution in [0, 0.1) is 27.7 Å². The van der Waals surface area contributed by atoms with Gasteiger partial charge in [-0.2, -0.15) is 5.10 Å². The molecule has 0 aliphatic heterocycles. The first-order chi connectivity index (χ1) is 12.3. The third kappa shape index (κ3) is 3.90. The SMILES string of the molecule is Cc1ccc(C)c(S(=O)(=O)NCC(c2cccs2)n2nc(C)cc2C)c1. The van der Waals surface area contributed by atoms with E-state index < -0.39 is 10.0 Å². The van der Waals surface area contributed by atoms with Crippen LogP contribution in [0.25, 0.3) is 0 Å². The maximum Gasteiger partial charge on any atom is 0.240 e. The fraction of sp³-hybridized carbons (Fsp3) is 0.316. The topological polar surface area (TPSA) is 64.0 Å². The first kappa shape index (κ1) is 18.8. The van der Waals surface area contributed by atoms with E-state index in [-0.39, 0.29) is 12.6 Å². The van der Waals surface area contributed by atoms with Crippen LogP contribution < -0.4 is 4.72 Å². The summed E-state index contributed by atoms with van der Waals surface area (Å²) in [6.45, 7) is 7.88. The van der Waals surface area contributed by atoms with Gasteiger partial charge in [-0.15, -0.1) is 11.3 Å². The van der Waals surface area contributed by atoms with Crippen LogP contribution in [0.1, 0.15) is 33.4 Å². The number of sulfonamides is 1. The summed E-state index contributed by atoms with van der Waals surface area (Å²) in [6.07, 6.45) is 0. The molecule has 138 valence electrons. The fourth-order valence-electron chi connectivity index (χ4n) is 3.01. The molecule has 0 amide bonds. The van der Waals surface area contributed by atoms with Gasteiger partial charge in [-0.1, -0.05) is 18.2 Å². The summed E-state index contributed by atoms with van der Waals surface area (Å²) in [5.41, 5.74) is 3.58. The van der Waals surface area contributed by atoms with Gasteiger partial charge in [-0.05, 0) is 62.4 Å². The average Bonchev–Trinajstić information content (AvgIpc) is 3.20. The summed E-state index contributed by atoms with van der Waals surface area (Å²) in [7, 11) is -3.60. The van der Waals surface area contributed by atoms with E-state index >= 15 is 0 Å². The van der Waals surface area contributed by atoms with Gasteiger partial charge < -0.3 is 0 Å². The van der Waals surface area contributed by atoms with Gasteiger partial charge in [0.15, 0.2) is 0 Å². The van der Waals surface area contributed by atoms with Crippen molar-refractivity contribution in [3.8, 4) is 0 Å². The van der Waals surface area contributed by atoms with Gasteiger partial charge in [0.25, 0.3) is 0 Å². The van der Waals surface area contributed by atoms with Crippen LogP contribution in [0.4, 0.5) is 0 Å². The number of benzene rings is 1. The number of rotatable bonds is 6. The van der Waals surface area contributed by atoms with Crippen molar-refractivity contribution in [3.05, 3.63) is 69.2 Å². The van der Waals surface area contributed by atoms with Gasteiger partial charge in [0, 0.05) is 17.1 Å². The number of aromatic nitrogens is 2. The Morgan fingerprint density at radius 2 is 1.92 bits per heavy atom. The van der Waals surface area contributed by atoms with Crippen molar-refractivity contribution in [2.45, 2.75) is 38.6 Å². The summed E-state index contributed by atoms with van der Waals surface area (Å²) in [5.74, 6) is 0. The van der Waals surface area contributed by atoms with Gasteiger partial charge in [0.05, 0.1) is 16.6 Å². The molecule has 0 spiro atoms. The second-order valence-electron chi connectivity index (χ2n) is 6.52. The predicted octanol–water partition coefficient (Wildman–Crippen LogP) is 3.75. The molecule has 3 rings (SSSR count). The van der Waals surface area contributed by atoms with E-state index in [1.165, 1.54) is 0 Å². The van der Waals surface area contributed by atoms with Crippen molar-refractivity contribution in [2.24, 2.45) is 0 Å². The molecular weight excluding hydrogens is 366 g/mol. The minimum atomic E-state index is -3.60.